The van der Waals surface area contributed by atoms with Crippen molar-refractivity contribution in [3.63, 3.8) is 0 Å². The first-order valence-electron chi connectivity index (χ1n) is 6.21. The molecule has 88 valence electrons. The molecule has 0 spiro atoms. The molecule has 0 aromatic heterocycles. The molecule has 1 saturated heterocycles. The number of hydrogen-bond donors (Lipinski definition) is 0. The monoisotopic (exact) mass is 237 g/mol. The molecule has 0 unspecified atom stereocenters. The molecule has 0 bridgehead atoms. The third kappa shape index (κ3) is 3.23. The zero-order valence-electron chi connectivity index (χ0n) is 9.95. The molecule has 16 heavy (non-hydrogen) atoms. The van der Waals surface area contributed by atoms with Crippen molar-refractivity contribution in [1.29, 1.82) is 0 Å². The fraction of sp³-hybridized carbons (Fsp3) is 0.571. The molecule has 0 aliphatic carbocycles. The number of likely N-dealkylation sites (tertiary alicyclic amines) is 1. The van der Waals surface area contributed by atoms with Gasteiger partial charge in [0.1, 0.15) is 0 Å². The third-order valence-electron chi connectivity index (χ3n) is 3.53. The SMILES string of the molecule is CC1CCN(CCc2ccccc2Cl)CC1. The second kappa shape index (κ2) is 5.70. The van der Waals surface area contributed by atoms with Gasteiger partial charge in [-0.2, -0.15) is 0 Å². The first-order chi connectivity index (χ1) is 7.75. The van der Waals surface area contributed by atoms with Crippen molar-refractivity contribution in [2.24, 2.45) is 5.92 Å². The van der Waals surface area contributed by atoms with Crippen LogP contribution in [0.1, 0.15) is 25.3 Å². The molecular formula is C14H20ClN. The highest BCUT2D eigenvalue weighted by Crippen LogP contribution is 2.19. The van der Waals surface area contributed by atoms with Crippen LogP contribution in [0.5, 0.6) is 0 Å². The Hall–Kier alpha value is -0.530. The average Bonchev–Trinajstić information content (AvgIpc) is 2.30. The second-order valence-corrected chi connectivity index (χ2v) is 5.27. The van der Waals surface area contributed by atoms with Crippen molar-refractivity contribution in [2.45, 2.75) is 26.2 Å². The van der Waals surface area contributed by atoms with Gasteiger partial charge in [-0.15, -0.1) is 0 Å². The van der Waals surface area contributed by atoms with Crippen LogP contribution in [0.25, 0.3) is 0 Å². The molecule has 1 nitrogen and oxygen atoms in total. The van der Waals surface area contributed by atoms with Gasteiger partial charge in [0.15, 0.2) is 0 Å². The molecule has 0 atom stereocenters. The van der Waals surface area contributed by atoms with Crippen LogP contribution in [0.3, 0.4) is 0 Å². The first kappa shape index (κ1) is 11.9. The number of nitrogens with zero attached hydrogens (tertiary/aromatic N) is 1. The lowest BCUT2D eigenvalue weighted by molar-refractivity contribution is 0.194. The lowest BCUT2D eigenvalue weighted by Gasteiger charge is -2.30. The highest BCUT2D eigenvalue weighted by atomic mass is 35.5. The summed E-state index contributed by atoms with van der Waals surface area (Å²) >= 11 is 6.15. The molecule has 1 aromatic carbocycles. The Balaban J connectivity index is 1.81. The molecule has 1 fully saturated rings. The molecule has 2 heteroatoms. The van der Waals surface area contributed by atoms with Gasteiger partial charge < -0.3 is 4.90 Å². The van der Waals surface area contributed by atoms with Gasteiger partial charge >= 0.3 is 0 Å². The van der Waals surface area contributed by atoms with Crippen LogP contribution in [0.15, 0.2) is 24.3 Å². The Kier molecular flexibility index (Phi) is 4.25. The summed E-state index contributed by atoms with van der Waals surface area (Å²) in [4.78, 5) is 2.56. The van der Waals surface area contributed by atoms with Crippen LogP contribution >= 0.6 is 11.6 Å². The minimum Gasteiger partial charge on any atom is -0.303 e. The zero-order valence-corrected chi connectivity index (χ0v) is 10.7. The van der Waals surface area contributed by atoms with E-state index < -0.39 is 0 Å². The second-order valence-electron chi connectivity index (χ2n) is 4.87. The van der Waals surface area contributed by atoms with Gasteiger partial charge in [0.25, 0.3) is 0 Å². The maximum Gasteiger partial charge on any atom is 0.0438 e. The van der Waals surface area contributed by atoms with Crippen molar-refractivity contribution in [3.8, 4) is 0 Å². The van der Waals surface area contributed by atoms with E-state index in [0.717, 1.165) is 23.9 Å². The van der Waals surface area contributed by atoms with E-state index in [-0.39, 0.29) is 0 Å². The molecule has 1 aliphatic heterocycles. The number of rotatable bonds is 3. The Morgan fingerprint density at radius 2 is 1.94 bits per heavy atom. The quantitative estimate of drug-likeness (QED) is 0.776. The van der Waals surface area contributed by atoms with Gasteiger partial charge in [-0.25, -0.2) is 0 Å². The van der Waals surface area contributed by atoms with Gasteiger partial charge in [0.2, 0.25) is 0 Å². The van der Waals surface area contributed by atoms with Crippen molar-refractivity contribution in [1.82, 2.24) is 4.90 Å². The molecule has 2 rings (SSSR count). The van der Waals surface area contributed by atoms with Gasteiger partial charge in [0.05, 0.1) is 0 Å². The van der Waals surface area contributed by atoms with Gasteiger partial charge in [-0.05, 0) is 49.9 Å². The fourth-order valence-corrected chi connectivity index (χ4v) is 2.50. The molecule has 1 heterocycles. The van der Waals surface area contributed by atoms with E-state index in [1.807, 2.05) is 12.1 Å². The van der Waals surface area contributed by atoms with E-state index in [4.69, 9.17) is 11.6 Å². The Morgan fingerprint density at radius 1 is 1.25 bits per heavy atom. The largest absolute Gasteiger partial charge is 0.303 e. The van der Waals surface area contributed by atoms with Crippen molar-refractivity contribution >= 4 is 11.6 Å². The molecular weight excluding hydrogens is 218 g/mol. The smallest absolute Gasteiger partial charge is 0.0438 e. The van der Waals surface area contributed by atoms with E-state index in [1.54, 1.807) is 0 Å². The summed E-state index contributed by atoms with van der Waals surface area (Å²) in [7, 11) is 0. The fourth-order valence-electron chi connectivity index (χ4n) is 2.27. The first-order valence-corrected chi connectivity index (χ1v) is 6.59. The molecule has 1 aromatic rings. The normalized spacial score (nSPS) is 18.9. The van der Waals surface area contributed by atoms with Crippen molar-refractivity contribution in [2.75, 3.05) is 19.6 Å². The number of halogens is 1. The third-order valence-corrected chi connectivity index (χ3v) is 3.90. The number of benzene rings is 1. The predicted molar refractivity (Wildman–Crippen MR) is 70.0 cm³/mol. The van der Waals surface area contributed by atoms with Crippen molar-refractivity contribution < 1.29 is 0 Å². The Bertz CT molecular complexity index is 329. The molecule has 0 amide bonds. The van der Waals surface area contributed by atoms with Crippen LogP contribution in [-0.2, 0) is 6.42 Å². The topological polar surface area (TPSA) is 3.24 Å². The van der Waals surface area contributed by atoms with Crippen LogP contribution in [0.2, 0.25) is 5.02 Å². The lowest BCUT2D eigenvalue weighted by Crippen LogP contribution is -2.34. The lowest BCUT2D eigenvalue weighted by atomic mass is 9.99. The summed E-state index contributed by atoms with van der Waals surface area (Å²) < 4.78 is 0. The highest BCUT2D eigenvalue weighted by molar-refractivity contribution is 6.31. The van der Waals surface area contributed by atoms with Crippen LogP contribution in [-0.4, -0.2) is 24.5 Å². The summed E-state index contributed by atoms with van der Waals surface area (Å²) in [5.41, 5.74) is 1.28. The minimum atomic E-state index is 0.910. The maximum absolute atomic E-state index is 6.15. The standard InChI is InChI=1S/C14H20ClN/c1-12-6-9-16(10-7-12)11-8-13-4-2-3-5-14(13)15/h2-5,12H,6-11H2,1H3. The van der Waals surface area contributed by atoms with Gasteiger partial charge in [-0.1, -0.05) is 36.7 Å². The van der Waals surface area contributed by atoms with Crippen LogP contribution in [0, 0.1) is 5.92 Å². The van der Waals surface area contributed by atoms with E-state index >= 15 is 0 Å². The number of piperidine rings is 1. The predicted octanol–water partition coefficient (Wildman–Crippen LogP) is 3.61. The molecule has 0 saturated carbocycles. The summed E-state index contributed by atoms with van der Waals surface area (Å²) in [6.07, 6.45) is 3.78. The van der Waals surface area contributed by atoms with E-state index in [9.17, 15) is 0 Å². The highest BCUT2D eigenvalue weighted by Gasteiger charge is 2.15. The minimum absolute atomic E-state index is 0.910. The van der Waals surface area contributed by atoms with Crippen LogP contribution in [0.4, 0.5) is 0 Å². The molecule has 1 aliphatic rings. The maximum atomic E-state index is 6.15. The summed E-state index contributed by atoms with van der Waals surface area (Å²) in [6, 6.07) is 8.18. The summed E-state index contributed by atoms with van der Waals surface area (Å²) in [6.45, 7) is 6.01. The van der Waals surface area contributed by atoms with Crippen LogP contribution < -0.4 is 0 Å². The Morgan fingerprint density at radius 3 is 2.62 bits per heavy atom. The number of hydrogen-bond acceptors (Lipinski definition) is 1. The van der Waals surface area contributed by atoms with E-state index in [1.165, 1.54) is 31.5 Å². The summed E-state index contributed by atoms with van der Waals surface area (Å²) in [5.74, 6) is 0.913. The molecule has 0 radical (unpaired) electrons. The summed E-state index contributed by atoms with van der Waals surface area (Å²) in [5, 5.41) is 0.910. The van der Waals surface area contributed by atoms with Gasteiger partial charge in [0, 0.05) is 11.6 Å². The van der Waals surface area contributed by atoms with Gasteiger partial charge in [-0.3, -0.25) is 0 Å². The average molecular weight is 238 g/mol. The van der Waals surface area contributed by atoms with E-state index in [2.05, 4.69) is 24.0 Å². The van der Waals surface area contributed by atoms with Crippen molar-refractivity contribution in [3.05, 3.63) is 34.9 Å². The Labute approximate surface area is 103 Å². The van der Waals surface area contributed by atoms with E-state index in [0.29, 0.717) is 0 Å². The molecule has 0 N–H and O–H groups in total. The zero-order chi connectivity index (χ0) is 11.4.